The Balaban J connectivity index is 2.29. The van der Waals surface area contributed by atoms with E-state index >= 15 is 0 Å². The maximum atomic E-state index is 12.1. The maximum Gasteiger partial charge on any atom is 0.573 e. The van der Waals surface area contributed by atoms with E-state index < -0.39 is 6.36 Å². The fourth-order valence-corrected chi connectivity index (χ4v) is 3.62. The molecule has 1 saturated heterocycles. The van der Waals surface area contributed by atoms with Gasteiger partial charge in [0.2, 0.25) is 0 Å². The number of alkyl halides is 3. The van der Waals surface area contributed by atoms with Crippen molar-refractivity contribution in [3.63, 3.8) is 0 Å². The van der Waals surface area contributed by atoms with Gasteiger partial charge in [-0.1, -0.05) is 0 Å². The summed E-state index contributed by atoms with van der Waals surface area (Å²) in [6.07, 6.45) is -2.48. The van der Waals surface area contributed by atoms with E-state index in [-0.39, 0.29) is 5.75 Å². The van der Waals surface area contributed by atoms with E-state index in [4.69, 9.17) is 0 Å². The largest absolute Gasteiger partial charge is 0.573 e. The molecule has 0 aromatic heterocycles. The minimum absolute atomic E-state index is 0.232. The highest BCUT2D eigenvalue weighted by Crippen LogP contribution is 2.40. The highest BCUT2D eigenvalue weighted by Gasteiger charge is 2.32. The third-order valence-corrected chi connectivity index (χ3v) is 3.86. The van der Waals surface area contributed by atoms with Gasteiger partial charge in [0.1, 0.15) is 5.75 Å². The molecule has 7 heteroatoms. The molecule has 0 saturated carbocycles. The molecule has 1 fully saturated rings. The number of anilines is 1. The number of ether oxygens (including phenoxy) is 1. The lowest BCUT2D eigenvalue weighted by molar-refractivity contribution is -0.274. The van der Waals surface area contributed by atoms with Crippen molar-refractivity contribution in [1.29, 1.82) is 0 Å². The van der Waals surface area contributed by atoms with Gasteiger partial charge >= 0.3 is 6.36 Å². The molecule has 0 aliphatic carbocycles. The van der Waals surface area contributed by atoms with Crippen LogP contribution in [-0.4, -0.2) is 19.5 Å². The summed E-state index contributed by atoms with van der Waals surface area (Å²) in [5.74, 6) is -0.232. The summed E-state index contributed by atoms with van der Waals surface area (Å²) in [6, 6.07) is 2.68. The number of halogens is 5. The molecule has 1 heterocycles. The average Bonchev–Trinajstić information content (AvgIpc) is 2.66. The van der Waals surface area contributed by atoms with E-state index in [2.05, 4.69) is 41.5 Å². The zero-order valence-electron chi connectivity index (χ0n) is 9.23. The molecule has 18 heavy (non-hydrogen) atoms. The SMILES string of the molecule is FC(F)(F)Oc1cc(Br)c(N2CCCC2)c(Br)c1. The van der Waals surface area contributed by atoms with Gasteiger partial charge in [-0.3, -0.25) is 0 Å². The van der Waals surface area contributed by atoms with Crippen LogP contribution in [0.4, 0.5) is 18.9 Å². The van der Waals surface area contributed by atoms with Crippen LogP contribution >= 0.6 is 31.9 Å². The van der Waals surface area contributed by atoms with E-state index in [1.165, 1.54) is 12.1 Å². The van der Waals surface area contributed by atoms with Crippen LogP contribution in [-0.2, 0) is 0 Å². The standard InChI is InChI=1S/C11H10Br2F3NO/c12-8-5-7(18-11(14,15)16)6-9(13)10(8)17-3-1-2-4-17/h5-6H,1-4H2. The van der Waals surface area contributed by atoms with Gasteiger partial charge in [0.15, 0.2) is 0 Å². The highest BCUT2D eigenvalue weighted by atomic mass is 79.9. The molecule has 0 spiro atoms. The first-order chi connectivity index (χ1) is 8.37. The van der Waals surface area contributed by atoms with Gasteiger partial charge < -0.3 is 9.64 Å². The Morgan fingerprint density at radius 3 is 2.00 bits per heavy atom. The van der Waals surface area contributed by atoms with Crippen molar-refractivity contribution in [3.05, 3.63) is 21.1 Å². The molecular weight excluding hydrogens is 379 g/mol. The van der Waals surface area contributed by atoms with Crippen molar-refractivity contribution < 1.29 is 17.9 Å². The fourth-order valence-electron chi connectivity index (χ4n) is 1.98. The maximum absolute atomic E-state index is 12.1. The summed E-state index contributed by atoms with van der Waals surface area (Å²) >= 11 is 6.59. The van der Waals surface area contributed by atoms with Crippen molar-refractivity contribution in [2.24, 2.45) is 0 Å². The summed E-state index contributed by atoms with van der Waals surface area (Å²) < 4.78 is 41.5. The lowest BCUT2D eigenvalue weighted by Gasteiger charge is -2.22. The predicted octanol–water partition coefficient (Wildman–Crippen LogP) is 4.71. The molecule has 2 rings (SSSR count). The van der Waals surface area contributed by atoms with Crippen LogP contribution < -0.4 is 9.64 Å². The summed E-state index contributed by atoms with van der Waals surface area (Å²) in [5.41, 5.74) is 0.877. The average molecular weight is 389 g/mol. The third-order valence-electron chi connectivity index (χ3n) is 2.65. The number of hydrogen-bond donors (Lipinski definition) is 0. The lowest BCUT2D eigenvalue weighted by atomic mass is 10.3. The van der Waals surface area contributed by atoms with Crippen molar-refractivity contribution in [1.82, 2.24) is 0 Å². The summed E-state index contributed by atoms with van der Waals surface area (Å²) in [7, 11) is 0. The van der Waals surface area contributed by atoms with Gasteiger partial charge in [-0.25, -0.2) is 0 Å². The van der Waals surface area contributed by atoms with Crippen molar-refractivity contribution in [3.8, 4) is 5.75 Å². The molecule has 0 bridgehead atoms. The molecule has 0 radical (unpaired) electrons. The van der Waals surface area contributed by atoms with Gasteiger partial charge in [0, 0.05) is 22.0 Å². The molecule has 100 valence electrons. The topological polar surface area (TPSA) is 12.5 Å². The Bertz CT molecular complexity index is 421. The molecule has 2 nitrogen and oxygen atoms in total. The number of nitrogens with zero attached hydrogens (tertiary/aromatic N) is 1. The Kier molecular flexibility index (Phi) is 4.11. The van der Waals surface area contributed by atoms with E-state index in [1.54, 1.807) is 0 Å². The second-order valence-corrected chi connectivity index (χ2v) is 5.69. The number of benzene rings is 1. The minimum atomic E-state index is -4.67. The molecule has 1 aliphatic rings. The normalized spacial score (nSPS) is 16.2. The summed E-state index contributed by atoms with van der Waals surface area (Å²) in [6.45, 7) is 1.83. The van der Waals surface area contributed by atoms with Crippen LogP contribution in [0.15, 0.2) is 21.1 Å². The highest BCUT2D eigenvalue weighted by molar-refractivity contribution is 9.11. The van der Waals surface area contributed by atoms with Crippen LogP contribution in [0, 0.1) is 0 Å². The molecule has 0 N–H and O–H groups in total. The molecule has 1 aliphatic heterocycles. The summed E-state index contributed by atoms with van der Waals surface area (Å²) in [4.78, 5) is 2.13. The van der Waals surface area contributed by atoms with Gasteiger partial charge in [0.05, 0.1) is 5.69 Å². The van der Waals surface area contributed by atoms with E-state index in [9.17, 15) is 13.2 Å². The Hall–Kier alpha value is -0.430. The smallest absolute Gasteiger partial charge is 0.406 e. The van der Waals surface area contributed by atoms with Crippen LogP contribution in [0.1, 0.15) is 12.8 Å². The van der Waals surface area contributed by atoms with Crippen LogP contribution in [0.3, 0.4) is 0 Å². The molecule has 1 aromatic rings. The van der Waals surface area contributed by atoms with Crippen molar-refractivity contribution >= 4 is 37.5 Å². The Morgan fingerprint density at radius 1 is 1.06 bits per heavy atom. The lowest BCUT2D eigenvalue weighted by Crippen LogP contribution is -2.20. The first-order valence-corrected chi connectivity index (χ1v) is 6.95. The van der Waals surface area contributed by atoms with Crippen LogP contribution in [0.5, 0.6) is 5.75 Å². The fraction of sp³-hybridized carbons (Fsp3) is 0.455. The summed E-state index contributed by atoms with van der Waals surface area (Å²) in [5, 5.41) is 0. The third kappa shape index (κ3) is 3.32. The molecule has 1 aromatic carbocycles. The van der Waals surface area contributed by atoms with E-state index in [0.717, 1.165) is 31.6 Å². The second-order valence-electron chi connectivity index (χ2n) is 3.98. The van der Waals surface area contributed by atoms with Crippen molar-refractivity contribution in [2.45, 2.75) is 19.2 Å². The first-order valence-electron chi connectivity index (χ1n) is 5.36. The Labute approximate surface area is 119 Å². The van der Waals surface area contributed by atoms with Gasteiger partial charge in [0.25, 0.3) is 0 Å². The first kappa shape index (κ1) is 14.0. The zero-order chi connectivity index (χ0) is 13.3. The zero-order valence-corrected chi connectivity index (χ0v) is 12.4. The molecule has 0 unspecified atom stereocenters. The number of hydrogen-bond acceptors (Lipinski definition) is 2. The van der Waals surface area contributed by atoms with Crippen LogP contribution in [0.2, 0.25) is 0 Å². The second kappa shape index (κ2) is 5.28. The van der Waals surface area contributed by atoms with E-state index in [1.807, 2.05) is 0 Å². The minimum Gasteiger partial charge on any atom is -0.406 e. The van der Waals surface area contributed by atoms with Crippen molar-refractivity contribution in [2.75, 3.05) is 18.0 Å². The quantitative estimate of drug-likeness (QED) is 0.727. The monoisotopic (exact) mass is 387 g/mol. The molecule has 0 amide bonds. The molecule has 0 atom stereocenters. The van der Waals surface area contributed by atoms with Crippen LogP contribution in [0.25, 0.3) is 0 Å². The number of rotatable bonds is 2. The predicted molar refractivity (Wildman–Crippen MR) is 70.0 cm³/mol. The molecular formula is C11H10Br2F3NO. The van der Waals surface area contributed by atoms with Gasteiger partial charge in [-0.15, -0.1) is 13.2 Å². The van der Waals surface area contributed by atoms with Gasteiger partial charge in [-0.2, -0.15) is 0 Å². The Morgan fingerprint density at radius 2 is 1.56 bits per heavy atom. The van der Waals surface area contributed by atoms with Gasteiger partial charge in [-0.05, 0) is 56.8 Å². The van der Waals surface area contributed by atoms with E-state index in [0.29, 0.717) is 8.95 Å².